The Balaban J connectivity index is 1.81. The van der Waals surface area contributed by atoms with E-state index in [-0.39, 0.29) is 23.4 Å². The summed E-state index contributed by atoms with van der Waals surface area (Å²) in [4.78, 5) is 0. The SMILES string of the molecule is C=CC1CCC(c2ccc(-c3ccc(CCCCC)c(F)c3)c(F)c2F)CO1. The minimum absolute atomic E-state index is 0.0257. The first-order valence-corrected chi connectivity index (χ1v) is 10.1. The summed E-state index contributed by atoms with van der Waals surface area (Å²) in [6.07, 6.45) is 6.84. The van der Waals surface area contributed by atoms with E-state index in [1.54, 1.807) is 30.3 Å². The third-order valence-corrected chi connectivity index (χ3v) is 5.54. The molecule has 1 aliphatic heterocycles. The lowest BCUT2D eigenvalue weighted by molar-refractivity contribution is 0.0320. The molecule has 28 heavy (non-hydrogen) atoms. The van der Waals surface area contributed by atoms with Gasteiger partial charge in [-0.25, -0.2) is 13.2 Å². The zero-order valence-corrected chi connectivity index (χ0v) is 16.3. The Morgan fingerprint density at radius 3 is 2.54 bits per heavy atom. The molecule has 2 aromatic rings. The first-order chi connectivity index (χ1) is 13.5. The van der Waals surface area contributed by atoms with Gasteiger partial charge in [-0.15, -0.1) is 6.58 Å². The highest BCUT2D eigenvalue weighted by atomic mass is 19.2. The number of halogens is 3. The van der Waals surface area contributed by atoms with E-state index in [0.29, 0.717) is 36.1 Å². The van der Waals surface area contributed by atoms with E-state index in [4.69, 9.17) is 4.74 Å². The van der Waals surface area contributed by atoms with E-state index < -0.39 is 11.6 Å². The molecule has 0 N–H and O–H groups in total. The van der Waals surface area contributed by atoms with Crippen molar-refractivity contribution in [3.63, 3.8) is 0 Å². The number of benzene rings is 2. The predicted octanol–water partition coefficient (Wildman–Crippen LogP) is 6.95. The molecule has 2 unspecified atom stereocenters. The Labute approximate surface area is 165 Å². The van der Waals surface area contributed by atoms with Crippen molar-refractivity contribution < 1.29 is 17.9 Å². The van der Waals surface area contributed by atoms with Crippen LogP contribution in [0.2, 0.25) is 0 Å². The van der Waals surface area contributed by atoms with Gasteiger partial charge in [0.1, 0.15) is 5.82 Å². The van der Waals surface area contributed by atoms with Gasteiger partial charge in [-0.05, 0) is 48.4 Å². The molecule has 1 aliphatic rings. The van der Waals surface area contributed by atoms with Crippen LogP contribution in [0.5, 0.6) is 0 Å². The Morgan fingerprint density at radius 2 is 1.89 bits per heavy atom. The molecule has 4 heteroatoms. The standard InChI is InChI=1S/C24H27F3O/c1-3-5-6-7-16-8-9-17(14-22(16)25)20-12-13-21(24(27)23(20)26)18-10-11-19(4-2)28-15-18/h4,8-9,12-14,18-19H,2-3,5-7,10-11,15H2,1H3. The van der Waals surface area contributed by atoms with Gasteiger partial charge in [-0.3, -0.25) is 0 Å². The quantitative estimate of drug-likeness (QED) is 0.368. The van der Waals surface area contributed by atoms with Crippen molar-refractivity contribution in [1.29, 1.82) is 0 Å². The monoisotopic (exact) mass is 388 g/mol. The fraction of sp³-hybridized carbons (Fsp3) is 0.417. The molecule has 2 aromatic carbocycles. The number of unbranched alkanes of at least 4 members (excludes halogenated alkanes) is 2. The van der Waals surface area contributed by atoms with Crippen LogP contribution < -0.4 is 0 Å². The van der Waals surface area contributed by atoms with Crippen molar-refractivity contribution in [3.05, 3.63) is 71.6 Å². The van der Waals surface area contributed by atoms with Gasteiger partial charge >= 0.3 is 0 Å². The summed E-state index contributed by atoms with van der Waals surface area (Å²) in [5.74, 6) is -2.34. The highest BCUT2D eigenvalue weighted by Gasteiger charge is 2.26. The van der Waals surface area contributed by atoms with Gasteiger partial charge in [0.05, 0.1) is 12.7 Å². The third-order valence-electron chi connectivity index (χ3n) is 5.54. The van der Waals surface area contributed by atoms with E-state index in [2.05, 4.69) is 13.5 Å². The molecule has 1 heterocycles. The van der Waals surface area contributed by atoms with Crippen molar-refractivity contribution in [1.82, 2.24) is 0 Å². The van der Waals surface area contributed by atoms with E-state index in [1.165, 1.54) is 6.07 Å². The summed E-state index contributed by atoms with van der Waals surface area (Å²) < 4.78 is 49.5. The van der Waals surface area contributed by atoms with Gasteiger partial charge in [0.2, 0.25) is 0 Å². The van der Waals surface area contributed by atoms with Gasteiger partial charge in [0.15, 0.2) is 11.6 Å². The average Bonchev–Trinajstić information content (AvgIpc) is 2.71. The van der Waals surface area contributed by atoms with E-state index in [0.717, 1.165) is 25.7 Å². The van der Waals surface area contributed by atoms with Crippen molar-refractivity contribution in [2.75, 3.05) is 6.61 Å². The maximum atomic E-state index is 14.8. The predicted molar refractivity (Wildman–Crippen MR) is 107 cm³/mol. The first-order valence-electron chi connectivity index (χ1n) is 10.1. The molecule has 1 fully saturated rings. The van der Waals surface area contributed by atoms with Crippen molar-refractivity contribution in [2.45, 2.75) is 57.5 Å². The molecule has 150 valence electrons. The molecular formula is C24H27F3O. The second kappa shape index (κ2) is 9.42. The summed E-state index contributed by atoms with van der Waals surface area (Å²) in [5, 5.41) is 0. The molecule has 1 saturated heterocycles. The van der Waals surface area contributed by atoms with Gasteiger partial charge in [-0.2, -0.15) is 0 Å². The van der Waals surface area contributed by atoms with Crippen LogP contribution in [-0.2, 0) is 11.2 Å². The van der Waals surface area contributed by atoms with Crippen LogP contribution in [0.1, 0.15) is 56.1 Å². The Bertz CT molecular complexity index is 823. The van der Waals surface area contributed by atoms with Crippen molar-refractivity contribution in [2.24, 2.45) is 0 Å². The maximum Gasteiger partial charge on any atom is 0.166 e. The lowest BCUT2D eigenvalue weighted by Gasteiger charge is -2.28. The molecule has 0 aliphatic carbocycles. The van der Waals surface area contributed by atoms with Crippen molar-refractivity contribution in [3.8, 4) is 11.1 Å². The molecule has 1 nitrogen and oxygen atoms in total. The van der Waals surface area contributed by atoms with Crippen LogP contribution in [0, 0.1) is 17.5 Å². The van der Waals surface area contributed by atoms with Gasteiger partial charge in [0.25, 0.3) is 0 Å². The van der Waals surface area contributed by atoms with Crippen LogP contribution in [0.4, 0.5) is 13.2 Å². The number of hydrogen-bond acceptors (Lipinski definition) is 1. The minimum Gasteiger partial charge on any atom is -0.374 e. The first kappa shape index (κ1) is 20.7. The number of aryl methyl sites for hydroxylation is 1. The van der Waals surface area contributed by atoms with E-state index in [1.807, 2.05) is 0 Å². The second-order valence-corrected chi connectivity index (χ2v) is 7.48. The highest BCUT2D eigenvalue weighted by molar-refractivity contribution is 5.65. The Kier molecular flexibility index (Phi) is 6.95. The summed E-state index contributed by atoms with van der Waals surface area (Å²) in [7, 11) is 0. The lowest BCUT2D eigenvalue weighted by atomic mass is 9.89. The van der Waals surface area contributed by atoms with Gasteiger partial charge in [0, 0.05) is 11.5 Å². The average molecular weight is 388 g/mol. The topological polar surface area (TPSA) is 9.23 Å². The van der Waals surface area contributed by atoms with Gasteiger partial charge in [-0.1, -0.05) is 50.1 Å². The summed E-state index contributed by atoms with van der Waals surface area (Å²) >= 11 is 0. The summed E-state index contributed by atoms with van der Waals surface area (Å²) in [5.41, 5.74) is 1.37. The zero-order valence-electron chi connectivity index (χ0n) is 16.3. The number of ether oxygens (including phenoxy) is 1. The zero-order chi connectivity index (χ0) is 20.1. The molecule has 0 spiro atoms. The molecule has 0 bridgehead atoms. The molecule has 0 aromatic heterocycles. The van der Waals surface area contributed by atoms with Crippen LogP contribution in [-0.4, -0.2) is 12.7 Å². The second-order valence-electron chi connectivity index (χ2n) is 7.48. The third kappa shape index (κ3) is 4.49. The molecule has 2 atom stereocenters. The summed E-state index contributed by atoms with van der Waals surface area (Å²) in [6.45, 7) is 6.14. The highest BCUT2D eigenvalue weighted by Crippen LogP contribution is 2.34. The smallest absolute Gasteiger partial charge is 0.166 e. The summed E-state index contributed by atoms with van der Waals surface area (Å²) in [6, 6.07) is 7.79. The molecule has 3 rings (SSSR count). The minimum atomic E-state index is -0.929. The Morgan fingerprint density at radius 1 is 1.07 bits per heavy atom. The molecule has 0 radical (unpaired) electrons. The van der Waals surface area contributed by atoms with Crippen LogP contribution in [0.3, 0.4) is 0 Å². The fourth-order valence-electron chi connectivity index (χ4n) is 3.79. The van der Waals surface area contributed by atoms with Crippen LogP contribution in [0.25, 0.3) is 11.1 Å². The van der Waals surface area contributed by atoms with Gasteiger partial charge < -0.3 is 4.74 Å². The fourth-order valence-corrected chi connectivity index (χ4v) is 3.79. The normalized spacial score (nSPS) is 19.6. The largest absolute Gasteiger partial charge is 0.374 e. The maximum absolute atomic E-state index is 14.8. The van der Waals surface area contributed by atoms with Crippen LogP contribution >= 0.6 is 0 Å². The van der Waals surface area contributed by atoms with E-state index >= 15 is 0 Å². The number of hydrogen-bond donors (Lipinski definition) is 0. The molecule has 0 saturated carbocycles. The van der Waals surface area contributed by atoms with Crippen LogP contribution in [0.15, 0.2) is 43.0 Å². The Hall–Kier alpha value is -2.07. The van der Waals surface area contributed by atoms with E-state index in [9.17, 15) is 13.2 Å². The molecular weight excluding hydrogens is 361 g/mol. The molecule has 0 amide bonds. The van der Waals surface area contributed by atoms with Crippen molar-refractivity contribution >= 4 is 0 Å². The lowest BCUT2D eigenvalue weighted by Crippen LogP contribution is -2.23. The number of rotatable bonds is 7.